The molecule has 0 aromatic carbocycles. The molecule has 1 aliphatic heterocycles. The Kier molecular flexibility index (Phi) is 2.92. The van der Waals surface area contributed by atoms with Gasteiger partial charge in [0.25, 0.3) is 5.56 Å². The molecule has 2 aromatic heterocycles. The summed E-state index contributed by atoms with van der Waals surface area (Å²) in [6, 6.07) is -2.78. The molecule has 2 N–H and O–H groups in total. The van der Waals surface area contributed by atoms with E-state index in [9.17, 15) is 18.3 Å². The van der Waals surface area contributed by atoms with Gasteiger partial charge >= 0.3 is 0 Å². The third-order valence-corrected chi connectivity index (χ3v) is 6.34. The van der Waals surface area contributed by atoms with Gasteiger partial charge in [-0.05, 0) is 51.9 Å². The van der Waals surface area contributed by atoms with E-state index in [0.29, 0.717) is 19.3 Å². The van der Waals surface area contributed by atoms with Gasteiger partial charge in [-0.2, -0.15) is 4.98 Å². The van der Waals surface area contributed by atoms with E-state index in [4.69, 9.17) is 15.1 Å². The van der Waals surface area contributed by atoms with E-state index < -0.39 is 83.6 Å². The van der Waals surface area contributed by atoms with Gasteiger partial charge in [-0.3, -0.25) is 9.36 Å². The second-order valence-electron chi connectivity index (χ2n) is 7.60. The number of aliphatic hydroxyl groups is 1. The summed E-state index contributed by atoms with van der Waals surface area (Å²) in [6.07, 6.45) is -7.43. The van der Waals surface area contributed by atoms with E-state index >= 15 is 0 Å². The molecule has 0 spiro atoms. The minimum absolute atomic E-state index is 0.0765. The van der Waals surface area contributed by atoms with Gasteiger partial charge in [0, 0.05) is 50.0 Å². The van der Waals surface area contributed by atoms with Crippen molar-refractivity contribution >= 4 is 27.0 Å². The average Bonchev–Trinajstić information content (AvgIpc) is 3.13. The van der Waals surface area contributed by atoms with E-state index in [0.717, 1.165) is 16.8 Å². The Labute approximate surface area is 191 Å². The monoisotopic (exact) mass is 446 g/mol. The zero-order valence-electron chi connectivity index (χ0n) is 27.1. The maximum absolute atomic E-state index is 13.4. The molecule has 2 unspecified atom stereocenters. The van der Waals surface area contributed by atoms with Crippen LogP contribution in [0.2, 0.25) is 0 Å². The number of fused-ring (bicyclic) bond motifs is 1. The Hall–Kier alpha value is -2.04. The average molecular weight is 447 g/mol. The normalized spacial score (nSPS) is 37.0. The number of piperidine rings is 1. The number of hydrogen-bond acceptors (Lipinski definition) is 7. The molecule has 164 valence electrons. The van der Waals surface area contributed by atoms with Crippen molar-refractivity contribution in [2.75, 3.05) is 24.6 Å². The topological polar surface area (TPSA) is 117 Å². The molecule has 30 heavy (non-hydrogen) atoms. The van der Waals surface area contributed by atoms with Crippen molar-refractivity contribution in [2.24, 2.45) is 0 Å². The van der Waals surface area contributed by atoms with Gasteiger partial charge in [-0.25, -0.2) is 17.7 Å². The van der Waals surface area contributed by atoms with Crippen molar-refractivity contribution in [3.63, 3.8) is 0 Å². The van der Waals surface area contributed by atoms with Crippen molar-refractivity contribution in [3.05, 3.63) is 28.2 Å². The van der Waals surface area contributed by atoms with E-state index in [1.54, 1.807) is 0 Å². The third kappa shape index (κ3) is 3.95. The van der Waals surface area contributed by atoms with Crippen LogP contribution in [-0.2, 0) is 10.0 Å². The molecule has 2 aliphatic rings. The molecule has 1 saturated heterocycles. The predicted molar refractivity (Wildman–Crippen MR) is 115 cm³/mol. The van der Waals surface area contributed by atoms with Crippen LogP contribution < -0.4 is 10.9 Å². The van der Waals surface area contributed by atoms with Crippen molar-refractivity contribution < 1.29 is 28.6 Å². The lowest BCUT2D eigenvalue weighted by Gasteiger charge is -2.31. The first-order chi connectivity index (χ1) is 18.4. The van der Waals surface area contributed by atoms with Gasteiger partial charge < -0.3 is 10.4 Å². The Morgan fingerprint density at radius 2 is 2.20 bits per heavy atom. The fourth-order valence-corrected chi connectivity index (χ4v) is 4.30. The highest BCUT2D eigenvalue weighted by Crippen LogP contribution is 2.39. The lowest BCUT2D eigenvalue weighted by Crippen LogP contribution is -2.42. The van der Waals surface area contributed by atoms with Crippen molar-refractivity contribution in [1.82, 2.24) is 18.8 Å². The van der Waals surface area contributed by atoms with Crippen LogP contribution in [0.25, 0.3) is 11.0 Å². The molecule has 2 atom stereocenters. The molecule has 0 bridgehead atoms. The molecule has 0 radical (unpaired) electrons. The van der Waals surface area contributed by atoms with Gasteiger partial charge in [0.1, 0.15) is 5.65 Å². The highest BCUT2D eigenvalue weighted by Gasteiger charge is 2.39. The van der Waals surface area contributed by atoms with Crippen LogP contribution >= 0.6 is 0 Å². The van der Waals surface area contributed by atoms with Crippen LogP contribution in [0, 0.1) is 6.85 Å². The lowest BCUT2D eigenvalue weighted by atomic mass is 9.99. The van der Waals surface area contributed by atoms with Crippen LogP contribution in [0.4, 0.5) is 5.95 Å². The molecule has 3 heterocycles. The molecule has 9 nitrogen and oxygen atoms in total. The lowest BCUT2D eigenvalue weighted by molar-refractivity contribution is 0.0266. The Morgan fingerprint density at radius 1 is 1.43 bits per heavy atom. The SMILES string of the molecule is [2H]C([2H])([2H])c1cc2cnc(NC3([2H])C([2H])([2H])CN(S(=O)(=O)C([2H])([2H])[2H])CC3([2H])[2H])nc2n(C2CCCC2(C)O)c1=O. The fourth-order valence-electron chi connectivity index (χ4n) is 3.83. The number of rotatable bonds is 4. The molecular formula is C20H29N5O4S. The van der Waals surface area contributed by atoms with Gasteiger partial charge in [-0.1, -0.05) is 0 Å². The Balaban J connectivity index is 1.85. The molecule has 2 fully saturated rings. The molecule has 0 amide bonds. The van der Waals surface area contributed by atoms with Crippen molar-refractivity contribution in [3.8, 4) is 0 Å². The van der Waals surface area contributed by atoms with Crippen LogP contribution in [0.5, 0.6) is 0 Å². The predicted octanol–water partition coefficient (Wildman–Crippen LogP) is 1.41. The minimum Gasteiger partial charge on any atom is -0.388 e. The summed E-state index contributed by atoms with van der Waals surface area (Å²) in [5, 5.41) is 13.3. The van der Waals surface area contributed by atoms with Crippen molar-refractivity contribution in [1.29, 1.82) is 0 Å². The number of aromatic nitrogens is 3. The number of nitrogens with one attached hydrogen (secondary N) is 1. The molecule has 1 saturated carbocycles. The standard InChI is InChI=1S/C20H29N5O4S/c1-13-11-14-12-21-19(22-15-6-9-24(10-7-15)30(3,28)29)23-17(14)25(18(13)26)16-5-4-8-20(16,2)27/h11-12,15-16,27H,4-10H2,1-3H3,(H,21,22,23)/i1D3,3D3,6D2,7D2,15D. The molecule has 2 aromatic rings. The van der Waals surface area contributed by atoms with Crippen molar-refractivity contribution in [2.45, 2.75) is 63.4 Å². The van der Waals surface area contributed by atoms with Crippen LogP contribution in [0.15, 0.2) is 17.1 Å². The summed E-state index contributed by atoms with van der Waals surface area (Å²) in [5.74, 6) is -0.542. The maximum Gasteiger partial charge on any atom is 0.255 e. The first kappa shape index (κ1) is 11.5. The summed E-state index contributed by atoms with van der Waals surface area (Å²) in [6.45, 7) is -3.66. The summed E-state index contributed by atoms with van der Waals surface area (Å²) in [4.78, 5) is 21.6. The van der Waals surface area contributed by atoms with E-state index in [2.05, 4.69) is 15.3 Å². The maximum atomic E-state index is 13.4. The summed E-state index contributed by atoms with van der Waals surface area (Å²) in [7, 11) is -5.14. The molecular weight excluding hydrogens is 406 g/mol. The largest absolute Gasteiger partial charge is 0.388 e. The second-order valence-corrected chi connectivity index (χ2v) is 9.06. The smallest absolute Gasteiger partial charge is 0.255 e. The molecule has 4 rings (SSSR count). The number of aryl methyl sites for hydroxylation is 1. The highest BCUT2D eigenvalue weighted by molar-refractivity contribution is 7.88. The first-order valence-electron chi connectivity index (χ1n) is 14.8. The summed E-state index contributed by atoms with van der Waals surface area (Å²) >= 11 is 0. The summed E-state index contributed by atoms with van der Waals surface area (Å²) < 4.78 is 114. The van der Waals surface area contributed by atoms with Crippen LogP contribution in [-0.4, -0.2) is 63.3 Å². The van der Waals surface area contributed by atoms with E-state index in [1.807, 2.05) is 0 Å². The number of nitrogens with zero attached hydrogens (tertiary/aromatic N) is 4. The van der Waals surface area contributed by atoms with Gasteiger partial charge in [0.05, 0.1) is 19.2 Å². The van der Waals surface area contributed by atoms with E-state index in [-0.39, 0.29) is 15.3 Å². The highest BCUT2D eigenvalue weighted by atomic mass is 32.2. The first-order valence-corrected chi connectivity index (χ1v) is 10.7. The van der Waals surface area contributed by atoms with Gasteiger partial charge in [-0.15, -0.1) is 0 Å². The molecule has 10 heteroatoms. The second kappa shape index (κ2) is 7.58. The zero-order valence-corrected chi connectivity index (χ0v) is 17.0. The van der Waals surface area contributed by atoms with E-state index in [1.165, 1.54) is 6.92 Å². The van der Waals surface area contributed by atoms with Crippen LogP contribution in [0.3, 0.4) is 0 Å². The Morgan fingerprint density at radius 3 is 2.83 bits per heavy atom. The number of pyridine rings is 1. The number of sulfonamides is 1. The Bertz CT molecular complexity index is 1520. The van der Waals surface area contributed by atoms with Gasteiger partial charge in [0.2, 0.25) is 16.0 Å². The summed E-state index contributed by atoms with van der Waals surface area (Å²) in [5.41, 5.74) is -3.04. The minimum atomic E-state index is -5.14. The van der Waals surface area contributed by atoms with Crippen LogP contribution in [0.1, 0.15) is 65.6 Å². The quantitative estimate of drug-likeness (QED) is 0.729. The number of anilines is 1. The zero-order chi connectivity index (χ0) is 31.2. The van der Waals surface area contributed by atoms with Gasteiger partial charge in [0.15, 0.2) is 0 Å². The molecule has 1 aliphatic carbocycles. The third-order valence-electron chi connectivity index (χ3n) is 5.40. The number of hydrogen-bond donors (Lipinski definition) is 2. The fraction of sp³-hybridized carbons (Fsp3) is 0.650.